The van der Waals surface area contributed by atoms with E-state index in [-0.39, 0.29) is 62.2 Å². The maximum Gasteiger partial charge on any atom is 0.259 e. The van der Waals surface area contributed by atoms with Crippen LogP contribution < -0.4 is 10.6 Å². The number of fused-ring (bicyclic) bond motifs is 13. The molecule has 2 heterocycles. The van der Waals surface area contributed by atoms with Gasteiger partial charge in [-0.3, -0.25) is 14.4 Å². The Balaban J connectivity index is 0.862. The minimum atomic E-state index is -0.713. The first-order chi connectivity index (χ1) is 36.8. The number of nitrogens with zero attached hydrogens (tertiary/aromatic N) is 4. The highest BCUT2D eigenvalue weighted by Crippen LogP contribution is 2.47. The first-order valence-electron chi connectivity index (χ1n) is 23.4. The highest BCUT2D eigenvalue weighted by molar-refractivity contribution is 6.25. The fourth-order valence-electron chi connectivity index (χ4n) is 10.0. The lowest BCUT2D eigenvalue weighted by atomic mass is 10.00. The van der Waals surface area contributed by atoms with Gasteiger partial charge in [0.25, 0.3) is 11.8 Å². The van der Waals surface area contributed by atoms with Crippen molar-refractivity contribution in [3.05, 3.63) is 203 Å². The fourth-order valence-corrected chi connectivity index (χ4v) is 10.0. The Morgan fingerprint density at radius 2 is 0.829 bits per heavy atom. The van der Waals surface area contributed by atoms with E-state index in [1.807, 2.05) is 0 Å². The average Bonchev–Trinajstić information content (AvgIpc) is 4.09. The number of aromatic nitrogens is 2. The maximum atomic E-state index is 14.5. The van der Waals surface area contributed by atoms with E-state index in [1.54, 1.807) is 60.7 Å². The van der Waals surface area contributed by atoms with Crippen LogP contribution in [0.1, 0.15) is 36.6 Å². The molecule has 0 unspecified atom stereocenters. The fraction of sp³-hybridized carbons (Fsp3) is 0. The van der Waals surface area contributed by atoms with Crippen molar-refractivity contribution in [3.8, 4) is 22.6 Å². The van der Waals surface area contributed by atoms with E-state index in [0.717, 1.165) is 0 Å². The summed E-state index contributed by atoms with van der Waals surface area (Å²) in [6.45, 7) is 0. The van der Waals surface area contributed by atoms with E-state index in [2.05, 4.69) is 41.1 Å². The number of carbonyl (C=O) groups excluding carboxylic acids is 3. The quantitative estimate of drug-likeness (QED) is 0.0649. The highest BCUT2D eigenvalue weighted by Gasteiger charge is 2.29. The first-order valence-corrected chi connectivity index (χ1v) is 23.4. The van der Waals surface area contributed by atoms with Gasteiger partial charge in [-0.15, -0.1) is 10.2 Å². The number of nitrogens with one attached hydrogen (secondary N) is 4. The van der Waals surface area contributed by atoms with Crippen molar-refractivity contribution in [1.82, 2.24) is 9.97 Å². The number of halogens is 4. The Bertz CT molecular complexity index is 4320. The molecule has 13 nitrogen and oxygen atoms in total. The molecule has 1 aliphatic rings. The van der Waals surface area contributed by atoms with Gasteiger partial charge < -0.3 is 30.8 Å². The first kappa shape index (κ1) is 45.3. The second kappa shape index (κ2) is 17.3. The van der Waals surface area contributed by atoms with Gasteiger partial charge in [-0.1, -0.05) is 36.4 Å². The molecule has 13 rings (SSSR count). The lowest BCUT2D eigenvalue weighted by molar-refractivity contribution is 0.101. The Labute approximate surface area is 424 Å². The minimum absolute atomic E-state index is 0.0958. The number of H-pyrrole nitrogens is 2. The molecule has 0 spiro atoms. The molecule has 0 bridgehead atoms. The molecular formula is C59H32F4N8O5. The molecule has 0 saturated heterocycles. The van der Waals surface area contributed by atoms with Gasteiger partial charge in [0.15, 0.2) is 17.3 Å². The van der Waals surface area contributed by atoms with Gasteiger partial charge >= 0.3 is 0 Å². The number of hydrogen-bond donors (Lipinski definition) is 6. The molecule has 17 heteroatoms. The van der Waals surface area contributed by atoms with Crippen LogP contribution in [0.2, 0.25) is 0 Å². The number of carbonyl (C=O) groups is 3. The largest absolute Gasteiger partial charge is 0.505 e. The van der Waals surface area contributed by atoms with Gasteiger partial charge in [0.05, 0.1) is 33.5 Å². The zero-order valence-corrected chi connectivity index (χ0v) is 38.9. The number of aromatic amines is 2. The summed E-state index contributed by atoms with van der Waals surface area (Å²) in [6.07, 6.45) is 0. The molecule has 0 saturated carbocycles. The summed E-state index contributed by atoms with van der Waals surface area (Å²) in [6, 6.07) is 38.5. The number of rotatable bonds is 8. The summed E-state index contributed by atoms with van der Waals surface area (Å²) >= 11 is 0. The number of anilines is 2. The van der Waals surface area contributed by atoms with Crippen molar-refractivity contribution in [3.63, 3.8) is 0 Å². The molecule has 12 aromatic rings. The molecule has 0 atom stereocenters. The van der Waals surface area contributed by atoms with Gasteiger partial charge in [0, 0.05) is 65.9 Å². The number of phenolic OH excluding ortho intramolecular Hbond substituents is 2. The predicted molar refractivity (Wildman–Crippen MR) is 282 cm³/mol. The van der Waals surface area contributed by atoms with Crippen molar-refractivity contribution in [2.75, 3.05) is 10.6 Å². The maximum absolute atomic E-state index is 14.5. The molecule has 0 aliphatic heterocycles. The van der Waals surface area contributed by atoms with Crippen LogP contribution >= 0.6 is 0 Å². The summed E-state index contributed by atoms with van der Waals surface area (Å²) in [5.74, 6) is -4.75. The Morgan fingerprint density at radius 1 is 0.421 bits per heavy atom. The van der Waals surface area contributed by atoms with Crippen LogP contribution in [0.4, 0.5) is 51.7 Å². The van der Waals surface area contributed by atoms with E-state index in [1.165, 1.54) is 97.1 Å². The van der Waals surface area contributed by atoms with Crippen LogP contribution in [0.5, 0.6) is 11.5 Å². The zero-order valence-electron chi connectivity index (χ0n) is 38.9. The summed E-state index contributed by atoms with van der Waals surface area (Å²) in [4.78, 5) is 48.3. The van der Waals surface area contributed by atoms with Crippen LogP contribution in [-0.2, 0) is 0 Å². The molecule has 10 aromatic carbocycles. The van der Waals surface area contributed by atoms with Crippen molar-refractivity contribution in [1.29, 1.82) is 0 Å². The van der Waals surface area contributed by atoms with Crippen molar-refractivity contribution in [2.45, 2.75) is 0 Å². The summed E-state index contributed by atoms with van der Waals surface area (Å²) < 4.78 is 56.4. The van der Waals surface area contributed by atoms with E-state index in [4.69, 9.17) is 0 Å². The monoisotopic (exact) mass is 1010 g/mol. The molecule has 76 heavy (non-hydrogen) atoms. The van der Waals surface area contributed by atoms with Crippen LogP contribution in [0.3, 0.4) is 0 Å². The number of amides is 2. The van der Waals surface area contributed by atoms with E-state index in [9.17, 15) is 42.2 Å². The van der Waals surface area contributed by atoms with Gasteiger partial charge in [0.2, 0.25) is 0 Å². The molecule has 1 aliphatic carbocycles. The molecule has 2 amide bonds. The van der Waals surface area contributed by atoms with Crippen LogP contribution in [0, 0.1) is 23.3 Å². The van der Waals surface area contributed by atoms with Crippen molar-refractivity contribution in [2.24, 2.45) is 20.5 Å². The topological polar surface area (TPSA) is 197 Å². The van der Waals surface area contributed by atoms with Crippen molar-refractivity contribution >= 4 is 117 Å². The molecule has 2 aromatic heterocycles. The highest BCUT2D eigenvalue weighted by atomic mass is 19.1. The standard InChI is InChI=1S/C59H32F4N8O5/c60-29-3-9-33(10-4-29)64-58(75)45-21-27-1-15-39-41-23-31(62)7-19-47(41)66-51(39)49(27)53(56(45)73)70-68-35-13-17-37-38-18-14-36(26-44(38)55(72)43(37)25-35)69-71-54-50-28(2-16-40-42-24-32(63)8-20-48(42)67-52(40)50)22-46(57(54)74)59(76)65-34-11-5-30(61)6-12-34/h1-26,66-67,73-74H,(H,64,75)(H,65,76). The Kier molecular flexibility index (Phi) is 10.3. The number of ketones is 1. The smallest absolute Gasteiger partial charge is 0.259 e. The van der Waals surface area contributed by atoms with Gasteiger partial charge in [0.1, 0.15) is 34.6 Å². The van der Waals surface area contributed by atoms with Crippen molar-refractivity contribution < 1.29 is 42.2 Å². The Morgan fingerprint density at radius 3 is 1.25 bits per heavy atom. The predicted octanol–water partition coefficient (Wildman–Crippen LogP) is 15.8. The van der Waals surface area contributed by atoms with E-state index >= 15 is 0 Å². The van der Waals surface area contributed by atoms with Crippen LogP contribution in [-0.4, -0.2) is 37.8 Å². The van der Waals surface area contributed by atoms with E-state index < -0.39 is 46.6 Å². The second-order valence-electron chi connectivity index (χ2n) is 18.2. The number of benzene rings is 10. The molecule has 0 radical (unpaired) electrons. The Hall–Kier alpha value is -10.6. The van der Waals surface area contributed by atoms with Gasteiger partial charge in [-0.25, -0.2) is 17.6 Å². The lowest BCUT2D eigenvalue weighted by Gasteiger charge is -2.12. The summed E-state index contributed by atoms with van der Waals surface area (Å²) in [5.41, 5.74) is 4.42. The molecule has 366 valence electrons. The number of hydrogen-bond acceptors (Lipinski definition) is 9. The zero-order chi connectivity index (χ0) is 52.1. The SMILES string of the molecule is O=C1c2cc(N=Nc3c(O)c(C(=O)Nc4ccc(F)cc4)cc4ccc5c6cc(F)ccc6[nH]c5c34)ccc2-c2ccc(N=Nc3c(O)c(C(=O)Nc4ccc(F)cc4)cc4ccc5c6cc(F)ccc6[nH]c5c34)cc21. The lowest BCUT2D eigenvalue weighted by Crippen LogP contribution is -2.12. The van der Waals surface area contributed by atoms with Crippen LogP contribution in [0.15, 0.2) is 178 Å². The number of azo groups is 2. The van der Waals surface area contributed by atoms with Crippen LogP contribution in [0.25, 0.3) is 76.3 Å². The third-order valence-electron chi connectivity index (χ3n) is 13.6. The third-order valence-corrected chi connectivity index (χ3v) is 13.6. The number of phenols is 2. The third kappa shape index (κ3) is 7.52. The normalized spacial score (nSPS) is 12.3. The summed E-state index contributed by atoms with van der Waals surface area (Å²) in [7, 11) is 0. The molecule has 6 N–H and O–H groups in total. The molecular weight excluding hydrogens is 977 g/mol. The summed E-state index contributed by atoms with van der Waals surface area (Å²) in [5, 5.41) is 51.2. The van der Waals surface area contributed by atoms with E-state index in [0.29, 0.717) is 76.3 Å². The van der Waals surface area contributed by atoms with Gasteiger partial charge in [-0.05, 0) is 143 Å². The average molecular weight is 1010 g/mol. The number of aromatic hydroxyl groups is 2. The molecule has 0 fully saturated rings. The minimum Gasteiger partial charge on any atom is -0.505 e. The van der Waals surface area contributed by atoms with Gasteiger partial charge in [-0.2, -0.15) is 10.2 Å². The second-order valence-corrected chi connectivity index (χ2v) is 18.2.